The van der Waals surface area contributed by atoms with Gasteiger partial charge in [0.1, 0.15) is 0 Å². The minimum Gasteiger partial charge on any atom is -0.338 e. The molecule has 3 heterocycles. The van der Waals surface area contributed by atoms with Gasteiger partial charge in [-0.15, -0.1) is 5.10 Å². The molecule has 3 rings (SSSR count). The standard InChI is InChI=1S/C19H28N6O/c1-4-24(5-2)19(26)18-14-25(22-21-18)17-9-11-23(12-10-17)13-16-8-6-7-15(3)20-16/h6-8,14,17H,4-5,9-13H2,1-3H3. The number of carbonyl (C=O) groups is 1. The van der Waals surface area contributed by atoms with Crippen molar-refractivity contribution < 1.29 is 4.79 Å². The Bertz CT molecular complexity index is 731. The number of carbonyl (C=O) groups excluding carboxylic acids is 1. The molecule has 0 aliphatic carbocycles. The van der Waals surface area contributed by atoms with Gasteiger partial charge in [0, 0.05) is 38.4 Å². The summed E-state index contributed by atoms with van der Waals surface area (Å²) in [4.78, 5) is 21.2. The summed E-state index contributed by atoms with van der Waals surface area (Å²) in [6, 6.07) is 6.48. The molecule has 2 aromatic heterocycles. The predicted molar refractivity (Wildman–Crippen MR) is 99.8 cm³/mol. The molecule has 1 amide bonds. The van der Waals surface area contributed by atoms with Gasteiger partial charge in [-0.2, -0.15) is 0 Å². The van der Waals surface area contributed by atoms with E-state index in [1.54, 1.807) is 4.90 Å². The van der Waals surface area contributed by atoms with Crippen molar-refractivity contribution in [1.29, 1.82) is 0 Å². The first-order chi connectivity index (χ1) is 12.6. The molecule has 1 fully saturated rings. The molecule has 0 N–H and O–H groups in total. The third-order valence-electron chi connectivity index (χ3n) is 5.04. The van der Waals surface area contributed by atoms with Crippen molar-refractivity contribution in [2.24, 2.45) is 0 Å². The number of pyridine rings is 1. The van der Waals surface area contributed by atoms with Gasteiger partial charge < -0.3 is 4.90 Å². The minimum absolute atomic E-state index is 0.0378. The summed E-state index contributed by atoms with van der Waals surface area (Å²) in [6.45, 7) is 10.2. The van der Waals surface area contributed by atoms with Crippen LogP contribution in [0.25, 0.3) is 0 Å². The van der Waals surface area contributed by atoms with E-state index in [4.69, 9.17) is 0 Å². The van der Waals surface area contributed by atoms with E-state index in [-0.39, 0.29) is 5.91 Å². The van der Waals surface area contributed by atoms with E-state index < -0.39 is 0 Å². The lowest BCUT2D eigenvalue weighted by Gasteiger charge is -2.31. The van der Waals surface area contributed by atoms with Gasteiger partial charge >= 0.3 is 0 Å². The quantitative estimate of drug-likeness (QED) is 0.794. The molecule has 0 spiro atoms. The normalized spacial score (nSPS) is 16.0. The number of aromatic nitrogens is 4. The maximum Gasteiger partial charge on any atom is 0.276 e. The molecule has 7 heteroatoms. The highest BCUT2D eigenvalue weighted by Gasteiger charge is 2.24. The fraction of sp³-hybridized carbons (Fsp3) is 0.579. The Morgan fingerprint density at radius 3 is 2.62 bits per heavy atom. The Hall–Kier alpha value is -2.28. The number of likely N-dealkylation sites (tertiary alicyclic amines) is 1. The fourth-order valence-corrected chi connectivity index (χ4v) is 3.48. The lowest BCUT2D eigenvalue weighted by molar-refractivity contribution is 0.0767. The molecule has 1 aliphatic heterocycles. The van der Waals surface area contributed by atoms with E-state index in [1.807, 2.05) is 37.7 Å². The number of amides is 1. The number of hydrogen-bond donors (Lipinski definition) is 0. The molecule has 0 bridgehead atoms. The third kappa shape index (κ3) is 4.27. The SMILES string of the molecule is CCN(CC)C(=O)c1cn(C2CCN(Cc3cccc(C)n3)CC2)nn1. The summed E-state index contributed by atoms with van der Waals surface area (Å²) in [5.41, 5.74) is 2.63. The van der Waals surface area contributed by atoms with E-state index in [9.17, 15) is 4.79 Å². The van der Waals surface area contributed by atoms with Crippen LogP contribution in [0.15, 0.2) is 24.4 Å². The van der Waals surface area contributed by atoms with Crippen molar-refractivity contribution >= 4 is 5.91 Å². The van der Waals surface area contributed by atoms with Crippen LogP contribution in [0.4, 0.5) is 0 Å². The van der Waals surface area contributed by atoms with E-state index in [0.29, 0.717) is 24.8 Å². The van der Waals surface area contributed by atoms with Crippen LogP contribution in [-0.4, -0.2) is 61.9 Å². The van der Waals surface area contributed by atoms with Crippen LogP contribution in [0.2, 0.25) is 0 Å². The second kappa shape index (κ2) is 8.40. The zero-order valence-electron chi connectivity index (χ0n) is 15.9. The smallest absolute Gasteiger partial charge is 0.276 e. The van der Waals surface area contributed by atoms with Gasteiger partial charge in [-0.1, -0.05) is 11.3 Å². The molecule has 26 heavy (non-hydrogen) atoms. The molecule has 2 aromatic rings. The van der Waals surface area contributed by atoms with Gasteiger partial charge in [-0.3, -0.25) is 14.7 Å². The first-order valence-corrected chi connectivity index (χ1v) is 9.46. The fourth-order valence-electron chi connectivity index (χ4n) is 3.48. The van der Waals surface area contributed by atoms with Crippen LogP contribution >= 0.6 is 0 Å². The second-order valence-corrected chi connectivity index (χ2v) is 6.84. The Kier molecular flexibility index (Phi) is 5.98. The predicted octanol–water partition coefficient (Wildman–Crippen LogP) is 2.30. The molecule has 0 atom stereocenters. The number of rotatable bonds is 6. The van der Waals surface area contributed by atoms with Crippen LogP contribution in [0.5, 0.6) is 0 Å². The molecule has 7 nitrogen and oxygen atoms in total. The van der Waals surface area contributed by atoms with E-state index >= 15 is 0 Å². The monoisotopic (exact) mass is 356 g/mol. The van der Waals surface area contributed by atoms with Crippen molar-refractivity contribution in [3.05, 3.63) is 41.5 Å². The molecular weight excluding hydrogens is 328 g/mol. The lowest BCUT2D eigenvalue weighted by atomic mass is 10.1. The van der Waals surface area contributed by atoms with E-state index in [0.717, 1.165) is 43.9 Å². The maximum absolute atomic E-state index is 12.4. The highest BCUT2D eigenvalue weighted by Crippen LogP contribution is 2.23. The largest absolute Gasteiger partial charge is 0.338 e. The topological polar surface area (TPSA) is 67.2 Å². The van der Waals surface area contributed by atoms with Crippen LogP contribution in [0.1, 0.15) is 54.6 Å². The van der Waals surface area contributed by atoms with Gasteiger partial charge in [0.05, 0.1) is 17.9 Å². The van der Waals surface area contributed by atoms with Crippen molar-refractivity contribution in [3.63, 3.8) is 0 Å². The Morgan fingerprint density at radius 1 is 1.23 bits per heavy atom. The number of nitrogens with zero attached hydrogens (tertiary/aromatic N) is 6. The first kappa shape index (κ1) is 18.5. The highest BCUT2D eigenvalue weighted by molar-refractivity contribution is 5.91. The average molecular weight is 356 g/mol. The summed E-state index contributed by atoms with van der Waals surface area (Å²) < 4.78 is 1.87. The van der Waals surface area contributed by atoms with Crippen LogP contribution in [-0.2, 0) is 6.54 Å². The maximum atomic E-state index is 12.4. The van der Waals surface area contributed by atoms with E-state index in [1.165, 1.54) is 0 Å². The number of piperidine rings is 1. The van der Waals surface area contributed by atoms with E-state index in [2.05, 4.69) is 32.3 Å². The van der Waals surface area contributed by atoms with Gasteiger partial charge in [0.25, 0.3) is 5.91 Å². The average Bonchev–Trinajstić information content (AvgIpc) is 3.13. The van der Waals surface area contributed by atoms with Gasteiger partial charge in [0.15, 0.2) is 5.69 Å². The van der Waals surface area contributed by atoms with Gasteiger partial charge in [-0.25, -0.2) is 4.68 Å². The summed E-state index contributed by atoms with van der Waals surface area (Å²) in [5.74, 6) is -0.0378. The molecular formula is C19H28N6O. The molecule has 0 radical (unpaired) electrons. The number of aryl methyl sites for hydroxylation is 1. The van der Waals surface area contributed by atoms with Gasteiger partial charge in [-0.05, 0) is 45.7 Å². The summed E-state index contributed by atoms with van der Waals surface area (Å²) in [6.07, 6.45) is 3.82. The molecule has 140 valence electrons. The first-order valence-electron chi connectivity index (χ1n) is 9.46. The lowest BCUT2D eigenvalue weighted by Crippen LogP contribution is -2.34. The summed E-state index contributed by atoms with van der Waals surface area (Å²) in [5, 5.41) is 8.32. The third-order valence-corrected chi connectivity index (χ3v) is 5.04. The van der Waals surface area contributed by atoms with Crippen molar-refractivity contribution in [2.75, 3.05) is 26.2 Å². The van der Waals surface area contributed by atoms with Gasteiger partial charge in [0.2, 0.25) is 0 Å². The molecule has 0 saturated carbocycles. The zero-order valence-corrected chi connectivity index (χ0v) is 15.9. The molecule has 1 aliphatic rings. The molecule has 1 saturated heterocycles. The Morgan fingerprint density at radius 2 is 1.96 bits per heavy atom. The van der Waals surface area contributed by atoms with Crippen molar-refractivity contribution in [2.45, 2.75) is 46.2 Å². The Labute approximate surface area is 155 Å². The van der Waals surface area contributed by atoms with Crippen LogP contribution in [0.3, 0.4) is 0 Å². The summed E-state index contributed by atoms with van der Waals surface area (Å²) >= 11 is 0. The Balaban J connectivity index is 1.56. The van der Waals surface area contributed by atoms with Crippen LogP contribution in [0, 0.1) is 6.92 Å². The number of hydrogen-bond acceptors (Lipinski definition) is 5. The van der Waals surface area contributed by atoms with Crippen molar-refractivity contribution in [1.82, 2.24) is 29.8 Å². The summed E-state index contributed by atoms with van der Waals surface area (Å²) in [7, 11) is 0. The molecule has 0 aromatic carbocycles. The highest BCUT2D eigenvalue weighted by atomic mass is 16.2. The van der Waals surface area contributed by atoms with Crippen LogP contribution < -0.4 is 0 Å². The van der Waals surface area contributed by atoms with Crippen molar-refractivity contribution in [3.8, 4) is 0 Å². The molecule has 0 unspecified atom stereocenters. The zero-order chi connectivity index (χ0) is 18.5. The second-order valence-electron chi connectivity index (χ2n) is 6.84. The minimum atomic E-state index is -0.0378.